The van der Waals surface area contributed by atoms with E-state index in [9.17, 15) is 14.7 Å². The van der Waals surface area contributed by atoms with E-state index >= 15 is 0 Å². The van der Waals surface area contributed by atoms with Gasteiger partial charge in [0, 0.05) is 12.1 Å². The van der Waals surface area contributed by atoms with E-state index in [1.54, 1.807) is 23.1 Å². The first-order valence-corrected chi connectivity index (χ1v) is 14.0. The van der Waals surface area contributed by atoms with Gasteiger partial charge < -0.3 is 19.6 Å². The lowest BCUT2D eigenvalue weighted by Gasteiger charge is -2.27. The summed E-state index contributed by atoms with van der Waals surface area (Å²) in [5.74, 6) is -0.749. The minimum Gasteiger partial charge on any atom is -0.507 e. The number of amides is 1. The van der Waals surface area contributed by atoms with E-state index in [1.807, 2.05) is 30.3 Å². The number of nitrogens with zero attached hydrogens (tertiary/aromatic N) is 2. The van der Waals surface area contributed by atoms with Gasteiger partial charge in [-0.15, -0.1) is 0 Å². The monoisotopic (exact) mass is 520 g/mol. The number of hydrogen-bond acceptors (Lipinski definition) is 5. The van der Waals surface area contributed by atoms with E-state index in [1.165, 1.54) is 0 Å². The third-order valence-electron chi connectivity index (χ3n) is 7.27. The number of likely N-dealkylation sites (tertiary alicyclic amines) is 1. The lowest BCUT2D eigenvalue weighted by Crippen LogP contribution is -2.33. The zero-order valence-corrected chi connectivity index (χ0v) is 23.9. The molecule has 1 fully saturated rings. The minimum absolute atomic E-state index is 0.0255. The van der Waals surface area contributed by atoms with E-state index in [4.69, 9.17) is 4.74 Å². The first-order valence-electron chi connectivity index (χ1n) is 14.0. The molecule has 0 saturated carbocycles. The predicted molar refractivity (Wildman–Crippen MR) is 153 cm³/mol. The van der Waals surface area contributed by atoms with Gasteiger partial charge in [0.2, 0.25) is 0 Å². The number of carbonyl (C=O) groups excluding carboxylic acids is 2. The fraction of sp³-hybridized carbons (Fsp3) is 0.500. The Morgan fingerprint density at radius 2 is 1.68 bits per heavy atom. The first-order chi connectivity index (χ1) is 18.1. The summed E-state index contributed by atoms with van der Waals surface area (Å²) in [6.45, 7) is 16.5. The van der Waals surface area contributed by atoms with Crippen molar-refractivity contribution in [1.29, 1.82) is 0 Å². The van der Waals surface area contributed by atoms with Gasteiger partial charge in [0.15, 0.2) is 0 Å². The average molecular weight is 521 g/mol. The summed E-state index contributed by atoms with van der Waals surface area (Å²) in [6, 6.07) is 14.5. The van der Waals surface area contributed by atoms with Gasteiger partial charge in [-0.3, -0.25) is 9.59 Å². The number of hydrogen-bond donors (Lipinski definition) is 1. The highest BCUT2D eigenvalue weighted by Crippen LogP contribution is 2.40. The van der Waals surface area contributed by atoms with Crippen molar-refractivity contribution in [2.24, 2.45) is 0 Å². The second-order valence-electron chi connectivity index (χ2n) is 11.0. The molecule has 2 aromatic carbocycles. The quantitative estimate of drug-likeness (QED) is 0.154. The molecule has 1 amide bonds. The molecule has 0 aromatic heterocycles. The molecule has 1 heterocycles. The highest BCUT2D eigenvalue weighted by molar-refractivity contribution is 6.46. The Bertz CT molecular complexity index is 1130. The van der Waals surface area contributed by atoms with Crippen molar-refractivity contribution in [3.05, 3.63) is 70.8 Å². The van der Waals surface area contributed by atoms with Crippen LogP contribution in [0.15, 0.2) is 54.1 Å². The molecular weight excluding hydrogens is 476 g/mol. The molecule has 3 rings (SSSR count). The van der Waals surface area contributed by atoms with Crippen LogP contribution in [-0.2, 0) is 15.0 Å². The van der Waals surface area contributed by atoms with Crippen LogP contribution in [0, 0.1) is 0 Å². The number of rotatable bonds is 12. The minimum atomic E-state index is -0.648. The van der Waals surface area contributed by atoms with Crippen LogP contribution >= 0.6 is 0 Å². The standard InChI is InChI=1S/C32H44N2O4/c1-7-10-21-38-26-14-11-13-24(22-26)29(35)27-28(23-15-17-25(18-16-23)32(4,5)6)34(31(37)30(27)36)20-12-19-33(8-2)9-3/h11,13-18,22,28,35H,7-10,12,19-21H2,1-6H3/b29-27+. The smallest absolute Gasteiger partial charge is 0.295 e. The highest BCUT2D eigenvalue weighted by Gasteiger charge is 2.45. The SMILES string of the molecule is CCCCOc1cccc(/C(O)=C2\C(=O)C(=O)N(CCCN(CC)CC)C2c2ccc(C(C)(C)C)cc2)c1. The molecular formula is C32H44N2O4. The van der Waals surface area contributed by atoms with Crippen molar-refractivity contribution in [3.63, 3.8) is 0 Å². The summed E-state index contributed by atoms with van der Waals surface area (Å²) >= 11 is 0. The number of ketones is 1. The van der Waals surface area contributed by atoms with Crippen LogP contribution in [-0.4, -0.2) is 59.4 Å². The molecule has 0 spiro atoms. The normalized spacial score (nSPS) is 17.4. The van der Waals surface area contributed by atoms with E-state index in [0.29, 0.717) is 24.5 Å². The second kappa shape index (κ2) is 13.1. The maximum atomic E-state index is 13.4. The summed E-state index contributed by atoms with van der Waals surface area (Å²) in [4.78, 5) is 30.6. The van der Waals surface area contributed by atoms with Crippen molar-refractivity contribution >= 4 is 17.4 Å². The van der Waals surface area contributed by atoms with E-state index in [0.717, 1.165) is 50.0 Å². The van der Waals surface area contributed by atoms with Crippen molar-refractivity contribution < 1.29 is 19.4 Å². The number of Topliss-reactive ketones (excluding diaryl/α,β-unsaturated/α-hetero) is 1. The van der Waals surface area contributed by atoms with E-state index < -0.39 is 17.7 Å². The van der Waals surface area contributed by atoms with Crippen LogP contribution in [0.2, 0.25) is 0 Å². The van der Waals surface area contributed by atoms with Crippen molar-refractivity contribution in [3.8, 4) is 5.75 Å². The lowest BCUT2D eigenvalue weighted by atomic mass is 9.85. The van der Waals surface area contributed by atoms with Gasteiger partial charge in [0.25, 0.3) is 11.7 Å². The van der Waals surface area contributed by atoms with Crippen molar-refractivity contribution in [1.82, 2.24) is 9.80 Å². The molecule has 2 aromatic rings. The number of benzene rings is 2. The molecule has 0 bridgehead atoms. The molecule has 1 saturated heterocycles. The average Bonchev–Trinajstić information content (AvgIpc) is 3.15. The van der Waals surface area contributed by atoms with Gasteiger partial charge in [0.1, 0.15) is 11.5 Å². The Morgan fingerprint density at radius 1 is 1.00 bits per heavy atom. The Morgan fingerprint density at radius 3 is 2.29 bits per heavy atom. The van der Waals surface area contributed by atoms with Gasteiger partial charge in [0.05, 0.1) is 18.2 Å². The summed E-state index contributed by atoms with van der Waals surface area (Å²) in [6.07, 6.45) is 2.69. The van der Waals surface area contributed by atoms with Crippen molar-refractivity contribution in [2.75, 3.05) is 32.8 Å². The van der Waals surface area contributed by atoms with Crippen LogP contribution in [0.1, 0.15) is 83.5 Å². The lowest BCUT2D eigenvalue weighted by molar-refractivity contribution is -0.140. The van der Waals surface area contributed by atoms with Gasteiger partial charge in [-0.05, 0) is 61.2 Å². The van der Waals surface area contributed by atoms with E-state index in [2.05, 4.69) is 46.4 Å². The molecule has 1 N–H and O–H groups in total. The molecule has 1 aliphatic heterocycles. The summed E-state index contributed by atoms with van der Waals surface area (Å²) in [7, 11) is 0. The Kier molecular flexibility index (Phi) is 10.1. The molecule has 6 nitrogen and oxygen atoms in total. The van der Waals surface area contributed by atoms with Gasteiger partial charge in [-0.1, -0.05) is 84.4 Å². The first kappa shape index (κ1) is 29.4. The van der Waals surface area contributed by atoms with Gasteiger partial charge in [-0.2, -0.15) is 0 Å². The number of aliphatic hydroxyl groups excluding tert-OH is 1. The van der Waals surface area contributed by atoms with Crippen LogP contribution in [0.3, 0.4) is 0 Å². The topological polar surface area (TPSA) is 70.1 Å². The van der Waals surface area contributed by atoms with Gasteiger partial charge >= 0.3 is 0 Å². The summed E-state index contributed by atoms with van der Waals surface area (Å²) < 4.78 is 5.82. The molecule has 38 heavy (non-hydrogen) atoms. The zero-order valence-electron chi connectivity index (χ0n) is 23.9. The highest BCUT2D eigenvalue weighted by atomic mass is 16.5. The fourth-order valence-corrected chi connectivity index (χ4v) is 4.85. The summed E-state index contributed by atoms with van der Waals surface area (Å²) in [5.41, 5.74) is 2.56. The molecule has 206 valence electrons. The molecule has 0 aliphatic carbocycles. The van der Waals surface area contributed by atoms with Crippen LogP contribution in [0.4, 0.5) is 0 Å². The van der Waals surface area contributed by atoms with Crippen LogP contribution < -0.4 is 4.74 Å². The predicted octanol–water partition coefficient (Wildman–Crippen LogP) is 6.32. The van der Waals surface area contributed by atoms with Crippen LogP contribution in [0.25, 0.3) is 5.76 Å². The maximum absolute atomic E-state index is 13.4. The van der Waals surface area contributed by atoms with Gasteiger partial charge in [-0.25, -0.2) is 0 Å². The largest absolute Gasteiger partial charge is 0.507 e. The van der Waals surface area contributed by atoms with Crippen LogP contribution in [0.5, 0.6) is 5.75 Å². The van der Waals surface area contributed by atoms with E-state index in [-0.39, 0.29) is 16.7 Å². The Hall–Kier alpha value is -3.12. The molecule has 1 aliphatic rings. The number of unbranched alkanes of at least 4 members (excludes halogenated alkanes) is 1. The summed E-state index contributed by atoms with van der Waals surface area (Å²) in [5, 5.41) is 11.4. The molecule has 6 heteroatoms. The maximum Gasteiger partial charge on any atom is 0.295 e. The zero-order chi connectivity index (χ0) is 27.9. The number of carbonyl (C=O) groups is 2. The molecule has 1 unspecified atom stereocenters. The molecule has 1 atom stereocenters. The molecule has 0 radical (unpaired) electrons. The Balaban J connectivity index is 2.03. The third kappa shape index (κ3) is 6.84. The fourth-order valence-electron chi connectivity index (χ4n) is 4.85. The number of ether oxygens (including phenoxy) is 1. The second-order valence-corrected chi connectivity index (χ2v) is 11.0. The third-order valence-corrected chi connectivity index (χ3v) is 7.27. The van der Waals surface area contributed by atoms with Crippen molar-refractivity contribution in [2.45, 2.75) is 72.3 Å². The Labute approximate surface area is 228 Å². The number of aliphatic hydroxyl groups is 1.